The van der Waals surface area contributed by atoms with Gasteiger partial charge in [0.15, 0.2) is 5.13 Å². The van der Waals surface area contributed by atoms with Crippen LogP contribution in [-0.2, 0) is 15.0 Å². The molecule has 0 bridgehead atoms. The smallest absolute Gasteiger partial charge is 0.475 e. The van der Waals surface area contributed by atoms with Crippen molar-refractivity contribution in [3.8, 4) is 0 Å². The average Bonchev–Trinajstić information content (AvgIpc) is 3.00. The number of aliphatic carboxylic acids is 1. The lowest BCUT2D eigenvalue weighted by molar-refractivity contribution is -0.192. The molecule has 6 nitrogen and oxygen atoms in total. The van der Waals surface area contributed by atoms with Crippen molar-refractivity contribution < 1.29 is 27.9 Å². The molecule has 0 unspecified atom stereocenters. The van der Waals surface area contributed by atoms with Crippen LogP contribution in [-0.4, -0.2) is 40.7 Å². The molecule has 152 valence electrons. The molecule has 1 aromatic heterocycles. The summed E-state index contributed by atoms with van der Waals surface area (Å²) >= 11 is 7.77. The summed E-state index contributed by atoms with van der Waals surface area (Å²) < 4.78 is 31.7. The lowest BCUT2D eigenvalue weighted by Gasteiger charge is -2.41. The molecule has 0 radical (unpaired) electrons. The maximum absolute atomic E-state index is 12.6. The molecule has 11 heteroatoms. The van der Waals surface area contributed by atoms with E-state index in [1.807, 2.05) is 0 Å². The number of rotatable bonds is 1. The first kappa shape index (κ1) is 21.9. The Morgan fingerprint density at radius 1 is 1.37 bits per heavy atom. The van der Waals surface area contributed by atoms with Crippen molar-refractivity contribution >= 4 is 39.9 Å². The van der Waals surface area contributed by atoms with Crippen LogP contribution in [0.4, 0.5) is 18.3 Å². The Hall–Kier alpha value is -1.39. The first-order valence-electron chi connectivity index (χ1n) is 8.22. The highest BCUT2D eigenvalue weighted by Crippen LogP contribution is 2.50. The fraction of sp³-hybridized carbons (Fsp3) is 0.688. The molecule has 0 atom stereocenters. The number of nitrogens with zero attached hydrogens (tertiary/aromatic N) is 2. The summed E-state index contributed by atoms with van der Waals surface area (Å²) in [6.07, 6.45) is -2.57. The summed E-state index contributed by atoms with van der Waals surface area (Å²) in [5.41, 5.74) is 5.60. The molecule has 1 spiro atoms. The first-order chi connectivity index (χ1) is 12.2. The number of carboxylic acids is 1. The zero-order valence-electron chi connectivity index (χ0n) is 15.1. The minimum absolute atomic E-state index is 0.0493. The molecule has 0 aromatic carbocycles. The maximum atomic E-state index is 12.6. The lowest BCUT2D eigenvalue weighted by Crippen LogP contribution is -2.50. The van der Waals surface area contributed by atoms with E-state index < -0.39 is 12.1 Å². The van der Waals surface area contributed by atoms with E-state index in [4.69, 9.17) is 27.2 Å². The number of carbonyl (C=O) groups excluding carboxylic acids is 1. The quantitative estimate of drug-likeness (QED) is 0.714. The number of alkyl halides is 3. The van der Waals surface area contributed by atoms with E-state index in [1.54, 1.807) is 4.90 Å². The number of carbonyl (C=O) groups is 2. The molecule has 3 rings (SSSR count). The van der Waals surface area contributed by atoms with Gasteiger partial charge in [-0.05, 0) is 24.7 Å². The second-order valence-corrected chi connectivity index (χ2v) is 9.16. The van der Waals surface area contributed by atoms with Crippen molar-refractivity contribution in [3.63, 3.8) is 0 Å². The van der Waals surface area contributed by atoms with Crippen LogP contribution in [0.2, 0.25) is 5.15 Å². The van der Waals surface area contributed by atoms with Crippen LogP contribution in [0.15, 0.2) is 0 Å². The van der Waals surface area contributed by atoms with Gasteiger partial charge >= 0.3 is 12.1 Å². The van der Waals surface area contributed by atoms with Gasteiger partial charge in [-0.3, -0.25) is 9.69 Å². The molecular formula is C16H21ClF3N3O3S. The number of carboxylic acid groups (broad SMARTS) is 1. The van der Waals surface area contributed by atoms with Crippen molar-refractivity contribution in [1.29, 1.82) is 0 Å². The number of halogens is 4. The van der Waals surface area contributed by atoms with Crippen LogP contribution in [0.3, 0.4) is 0 Å². The second-order valence-electron chi connectivity index (χ2n) is 7.82. The number of anilines is 1. The highest BCUT2D eigenvalue weighted by atomic mass is 35.5. The summed E-state index contributed by atoms with van der Waals surface area (Å²) in [5.74, 6) is -2.57. The second kappa shape index (κ2) is 7.21. The maximum Gasteiger partial charge on any atom is 0.490 e. The van der Waals surface area contributed by atoms with Gasteiger partial charge in [0.25, 0.3) is 0 Å². The van der Waals surface area contributed by atoms with Gasteiger partial charge in [-0.1, -0.05) is 43.7 Å². The summed E-state index contributed by atoms with van der Waals surface area (Å²) in [6, 6.07) is 0.184. The predicted octanol–water partition coefficient (Wildman–Crippen LogP) is 3.57. The van der Waals surface area contributed by atoms with Crippen LogP contribution in [0.25, 0.3) is 0 Å². The van der Waals surface area contributed by atoms with Crippen LogP contribution in [0.5, 0.6) is 0 Å². The molecule has 1 amide bonds. The van der Waals surface area contributed by atoms with Crippen molar-refractivity contribution in [2.75, 3.05) is 11.4 Å². The molecule has 3 N–H and O–H groups in total. The van der Waals surface area contributed by atoms with Crippen LogP contribution >= 0.6 is 22.9 Å². The minimum Gasteiger partial charge on any atom is -0.475 e. The van der Waals surface area contributed by atoms with Gasteiger partial charge in [-0.2, -0.15) is 13.2 Å². The van der Waals surface area contributed by atoms with Crippen molar-refractivity contribution in [1.82, 2.24) is 4.98 Å². The molecule has 1 aromatic rings. The molecule has 27 heavy (non-hydrogen) atoms. The zero-order valence-corrected chi connectivity index (χ0v) is 16.6. The predicted molar refractivity (Wildman–Crippen MR) is 96.1 cm³/mol. The molecule has 1 aliphatic carbocycles. The van der Waals surface area contributed by atoms with E-state index in [-0.39, 0.29) is 22.8 Å². The highest BCUT2D eigenvalue weighted by Gasteiger charge is 2.55. The molecule has 1 saturated heterocycles. The Bertz CT molecular complexity index is 739. The number of thiazole rings is 1. The van der Waals surface area contributed by atoms with Crippen LogP contribution < -0.4 is 10.6 Å². The monoisotopic (exact) mass is 427 g/mol. The Balaban J connectivity index is 0.000000321. The summed E-state index contributed by atoms with van der Waals surface area (Å²) in [4.78, 5) is 28.8. The molecule has 1 saturated carbocycles. The molecular weight excluding hydrogens is 407 g/mol. The Morgan fingerprint density at radius 2 is 1.89 bits per heavy atom. The summed E-state index contributed by atoms with van der Waals surface area (Å²) in [7, 11) is 0. The Kier molecular flexibility index (Phi) is 5.85. The summed E-state index contributed by atoms with van der Waals surface area (Å²) in [5, 5.41) is 8.39. The van der Waals surface area contributed by atoms with E-state index in [0.717, 1.165) is 35.8 Å². The fourth-order valence-electron chi connectivity index (χ4n) is 3.19. The molecule has 2 fully saturated rings. The van der Waals surface area contributed by atoms with E-state index in [2.05, 4.69) is 25.8 Å². The Morgan fingerprint density at radius 3 is 2.26 bits per heavy atom. The van der Waals surface area contributed by atoms with Crippen LogP contribution in [0.1, 0.15) is 44.9 Å². The van der Waals surface area contributed by atoms with Gasteiger partial charge in [0, 0.05) is 12.6 Å². The van der Waals surface area contributed by atoms with Gasteiger partial charge in [0.1, 0.15) is 5.15 Å². The number of hydrogen-bond acceptors (Lipinski definition) is 5. The topological polar surface area (TPSA) is 96.5 Å². The third kappa shape index (κ3) is 4.55. The third-order valence-electron chi connectivity index (χ3n) is 4.55. The molecule has 2 aliphatic rings. The number of nitrogens with two attached hydrogens (primary N) is 1. The number of amides is 1. The van der Waals surface area contributed by atoms with E-state index in [9.17, 15) is 18.0 Å². The van der Waals surface area contributed by atoms with Gasteiger partial charge in [0.2, 0.25) is 5.91 Å². The van der Waals surface area contributed by atoms with Gasteiger partial charge in [-0.25, -0.2) is 9.78 Å². The molecule has 1 aliphatic heterocycles. The third-order valence-corrected chi connectivity index (χ3v) is 6.44. The van der Waals surface area contributed by atoms with Crippen molar-refractivity contribution in [2.45, 2.75) is 57.7 Å². The Labute approximate surface area is 163 Å². The van der Waals surface area contributed by atoms with E-state index >= 15 is 0 Å². The van der Waals surface area contributed by atoms with Gasteiger partial charge in [-0.15, -0.1) is 0 Å². The van der Waals surface area contributed by atoms with Gasteiger partial charge < -0.3 is 10.8 Å². The normalized spacial score (nSPS) is 25.3. The SMILES string of the molecule is CC(C)(C)c1sc(N2CCC3(CC(N)C3)C2=O)nc1Cl.O=C(O)C(F)(F)F. The van der Waals surface area contributed by atoms with Gasteiger partial charge in [0.05, 0.1) is 10.3 Å². The summed E-state index contributed by atoms with van der Waals surface area (Å²) in [6.45, 7) is 7.05. The standard InChI is InChI=1S/C14H20ClN3OS.C2HF3O2/c1-13(2,3)9-10(15)17-12(20-9)18-5-4-14(11(18)19)6-8(16)7-14;3-2(4,5)1(6)7/h8H,4-7,16H2,1-3H3;(H,6,7). The lowest BCUT2D eigenvalue weighted by atomic mass is 9.65. The largest absolute Gasteiger partial charge is 0.490 e. The van der Waals surface area contributed by atoms with Crippen molar-refractivity contribution in [3.05, 3.63) is 10.0 Å². The first-order valence-corrected chi connectivity index (χ1v) is 9.41. The molecule has 2 heterocycles. The van der Waals surface area contributed by atoms with Crippen molar-refractivity contribution in [2.24, 2.45) is 11.1 Å². The minimum atomic E-state index is -5.08. The number of hydrogen-bond donors (Lipinski definition) is 2. The van der Waals surface area contributed by atoms with Crippen LogP contribution in [0, 0.1) is 5.41 Å². The van der Waals surface area contributed by atoms with E-state index in [1.165, 1.54) is 11.3 Å². The van der Waals surface area contributed by atoms with E-state index in [0.29, 0.717) is 5.15 Å². The average molecular weight is 428 g/mol. The highest BCUT2D eigenvalue weighted by molar-refractivity contribution is 7.16. The zero-order chi connectivity index (χ0) is 20.8. The fourth-order valence-corrected chi connectivity index (χ4v) is 4.76. The number of aromatic nitrogens is 1.